The molecule has 0 bridgehead atoms. The minimum Gasteiger partial charge on any atom is -0.378 e. The summed E-state index contributed by atoms with van der Waals surface area (Å²) >= 11 is 0. The fourth-order valence-corrected chi connectivity index (χ4v) is 3.58. The molecule has 0 aliphatic carbocycles. The van der Waals surface area contributed by atoms with Gasteiger partial charge in [0.1, 0.15) is 5.82 Å². The number of piperazine rings is 1. The molecule has 0 unspecified atom stereocenters. The van der Waals surface area contributed by atoms with E-state index in [1.807, 2.05) is 19.0 Å². The fraction of sp³-hybridized carbons (Fsp3) is 0.391. The molecule has 1 saturated heterocycles. The van der Waals surface area contributed by atoms with Crippen molar-refractivity contribution in [2.45, 2.75) is 6.04 Å². The molecule has 1 aliphatic rings. The largest absolute Gasteiger partial charge is 0.378 e. The summed E-state index contributed by atoms with van der Waals surface area (Å²) < 4.78 is 13.0. The summed E-state index contributed by atoms with van der Waals surface area (Å²) in [5, 5.41) is 5.26. The van der Waals surface area contributed by atoms with Crippen molar-refractivity contribution in [1.82, 2.24) is 15.1 Å². The van der Waals surface area contributed by atoms with Crippen LogP contribution in [0.2, 0.25) is 0 Å². The summed E-state index contributed by atoms with van der Waals surface area (Å²) in [4.78, 5) is 31.3. The van der Waals surface area contributed by atoms with Gasteiger partial charge < -0.3 is 20.4 Å². The van der Waals surface area contributed by atoms with Crippen LogP contribution in [0.25, 0.3) is 0 Å². The number of anilines is 2. The molecule has 2 amide bonds. The van der Waals surface area contributed by atoms with Crippen LogP contribution in [0.1, 0.15) is 11.6 Å². The second-order valence-corrected chi connectivity index (χ2v) is 8.01. The van der Waals surface area contributed by atoms with Crippen LogP contribution < -0.4 is 15.5 Å². The lowest BCUT2D eigenvalue weighted by Gasteiger charge is -2.38. The van der Waals surface area contributed by atoms with Gasteiger partial charge in [0.15, 0.2) is 0 Å². The van der Waals surface area contributed by atoms with Crippen molar-refractivity contribution in [2.75, 3.05) is 64.1 Å². The van der Waals surface area contributed by atoms with E-state index in [0.717, 1.165) is 37.4 Å². The van der Waals surface area contributed by atoms with Crippen LogP contribution in [0, 0.1) is 5.82 Å². The van der Waals surface area contributed by atoms with E-state index in [-0.39, 0.29) is 6.04 Å². The topological polar surface area (TPSA) is 67.9 Å². The van der Waals surface area contributed by atoms with Gasteiger partial charge in [-0.25, -0.2) is 4.39 Å². The normalized spacial score (nSPS) is 15.9. The van der Waals surface area contributed by atoms with E-state index in [2.05, 4.69) is 51.7 Å². The molecule has 1 heterocycles. The zero-order chi connectivity index (χ0) is 22.4. The van der Waals surface area contributed by atoms with Crippen molar-refractivity contribution in [3.05, 3.63) is 59.9 Å². The number of rotatable bonds is 6. The molecule has 2 aromatic carbocycles. The first kappa shape index (κ1) is 22.7. The Bertz CT molecular complexity index is 878. The van der Waals surface area contributed by atoms with Gasteiger partial charge in [-0.3, -0.25) is 14.5 Å². The number of nitrogens with one attached hydrogen (secondary N) is 2. The molecule has 1 aliphatic heterocycles. The minimum atomic E-state index is -0.772. The Labute approximate surface area is 182 Å². The third-order valence-corrected chi connectivity index (χ3v) is 5.54. The van der Waals surface area contributed by atoms with Gasteiger partial charge in [0.2, 0.25) is 0 Å². The van der Waals surface area contributed by atoms with Gasteiger partial charge in [-0.2, -0.15) is 0 Å². The van der Waals surface area contributed by atoms with Crippen LogP contribution in [-0.4, -0.2) is 75.5 Å². The van der Waals surface area contributed by atoms with Crippen LogP contribution in [-0.2, 0) is 9.59 Å². The van der Waals surface area contributed by atoms with E-state index in [0.29, 0.717) is 12.2 Å². The summed E-state index contributed by atoms with van der Waals surface area (Å²) in [5.74, 6) is -1.89. The molecule has 1 fully saturated rings. The van der Waals surface area contributed by atoms with Crippen molar-refractivity contribution >= 4 is 23.2 Å². The molecule has 3 rings (SSSR count). The number of carbonyl (C=O) groups excluding carboxylic acids is 2. The Morgan fingerprint density at radius 1 is 0.968 bits per heavy atom. The fourth-order valence-electron chi connectivity index (χ4n) is 3.58. The Kier molecular flexibility index (Phi) is 7.59. The summed E-state index contributed by atoms with van der Waals surface area (Å²) in [6.07, 6.45) is 0. The van der Waals surface area contributed by atoms with Gasteiger partial charge in [0.05, 0.1) is 6.04 Å². The number of hydrogen-bond acceptors (Lipinski definition) is 5. The maximum atomic E-state index is 13.0. The highest BCUT2D eigenvalue weighted by molar-refractivity contribution is 6.39. The molecule has 0 spiro atoms. The van der Waals surface area contributed by atoms with Crippen LogP contribution in [0.5, 0.6) is 0 Å². The lowest BCUT2D eigenvalue weighted by Crippen LogP contribution is -2.49. The quantitative estimate of drug-likeness (QED) is 0.690. The molecular formula is C23H30FN5O2. The molecule has 0 aromatic heterocycles. The number of benzene rings is 2. The van der Waals surface area contributed by atoms with E-state index in [9.17, 15) is 14.0 Å². The molecule has 1 atom stereocenters. The van der Waals surface area contributed by atoms with E-state index in [4.69, 9.17) is 0 Å². The predicted octanol–water partition coefficient (Wildman–Crippen LogP) is 1.94. The molecular weight excluding hydrogens is 397 g/mol. The van der Waals surface area contributed by atoms with Crippen LogP contribution in [0.3, 0.4) is 0 Å². The number of likely N-dealkylation sites (N-methyl/N-ethyl adjacent to an activating group) is 1. The first-order chi connectivity index (χ1) is 14.8. The van der Waals surface area contributed by atoms with Crippen LogP contribution in [0.15, 0.2) is 48.5 Å². The van der Waals surface area contributed by atoms with Gasteiger partial charge in [-0.05, 0) is 49.0 Å². The third-order valence-electron chi connectivity index (χ3n) is 5.54. The Morgan fingerprint density at radius 3 is 2.16 bits per heavy atom. The third kappa shape index (κ3) is 6.26. The molecule has 166 valence electrons. The number of hydrogen-bond donors (Lipinski definition) is 2. The number of carbonyl (C=O) groups is 2. The highest BCUT2D eigenvalue weighted by atomic mass is 19.1. The zero-order valence-corrected chi connectivity index (χ0v) is 18.3. The molecule has 7 nitrogen and oxygen atoms in total. The molecule has 8 heteroatoms. The van der Waals surface area contributed by atoms with Gasteiger partial charge in [0.25, 0.3) is 0 Å². The first-order valence-corrected chi connectivity index (χ1v) is 10.4. The molecule has 2 aromatic rings. The van der Waals surface area contributed by atoms with Gasteiger partial charge in [-0.15, -0.1) is 0 Å². The van der Waals surface area contributed by atoms with Crippen molar-refractivity contribution in [1.29, 1.82) is 0 Å². The zero-order valence-electron chi connectivity index (χ0n) is 18.3. The lowest BCUT2D eigenvalue weighted by molar-refractivity contribution is -0.136. The highest BCUT2D eigenvalue weighted by Crippen LogP contribution is 2.24. The molecule has 31 heavy (non-hydrogen) atoms. The summed E-state index contributed by atoms with van der Waals surface area (Å²) in [5.41, 5.74) is 2.56. The van der Waals surface area contributed by atoms with Gasteiger partial charge in [0, 0.05) is 58.2 Å². The number of halogens is 1. The summed E-state index contributed by atoms with van der Waals surface area (Å²) in [6, 6.07) is 13.5. The predicted molar refractivity (Wildman–Crippen MR) is 121 cm³/mol. The van der Waals surface area contributed by atoms with E-state index < -0.39 is 17.6 Å². The Balaban J connectivity index is 1.66. The Morgan fingerprint density at radius 2 is 1.58 bits per heavy atom. The number of amides is 2. The maximum absolute atomic E-state index is 13.0. The average Bonchev–Trinajstić information content (AvgIpc) is 2.76. The SMILES string of the molecule is CN1CCN([C@H](CNC(=O)C(=O)Nc2ccc(F)cc2)c2ccc(N(C)C)cc2)CC1. The monoisotopic (exact) mass is 427 g/mol. The molecule has 0 radical (unpaired) electrons. The van der Waals surface area contributed by atoms with Crippen molar-refractivity contribution < 1.29 is 14.0 Å². The first-order valence-electron chi connectivity index (χ1n) is 10.4. The van der Waals surface area contributed by atoms with Gasteiger partial charge in [-0.1, -0.05) is 12.1 Å². The number of nitrogens with zero attached hydrogens (tertiary/aromatic N) is 3. The maximum Gasteiger partial charge on any atom is 0.313 e. The van der Waals surface area contributed by atoms with Crippen molar-refractivity contribution in [3.8, 4) is 0 Å². The van der Waals surface area contributed by atoms with E-state index in [1.165, 1.54) is 24.3 Å². The summed E-state index contributed by atoms with van der Waals surface area (Å²) in [6.45, 7) is 3.99. The van der Waals surface area contributed by atoms with Crippen molar-refractivity contribution in [2.24, 2.45) is 0 Å². The standard InChI is InChI=1S/C23H30FN5O2/c1-27(2)20-10-4-17(5-11-20)21(29-14-12-28(3)13-15-29)16-25-22(30)23(31)26-19-8-6-18(24)7-9-19/h4-11,21H,12-16H2,1-3H3,(H,25,30)(H,26,31)/t21-/m1/s1. The van der Waals surface area contributed by atoms with Crippen LogP contribution >= 0.6 is 0 Å². The highest BCUT2D eigenvalue weighted by Gasteiger charge is 2.25. The second kappa shape index (κ2) is 10.4. The van der Waals surface area contributed by atoms with Gasteiger partial charge >= 0.3 is 11.8 Å². The smallest absolute Gasteiger partial charge is 0.313 e. The second-order valence-electron chi connectivity index (χ2n) is 8.01. The van der Waals surface area contributed by atoms with Crippen LogP contribution in [0.4, 0.5) is 15.8 Å². The summed E-state index contributed by atoms with van der Waals surface area (Å²) in [7, 11) is 6.08. The lowest BCUT2D eigenvalue weighted by atomic mass is 10.0. The van der Waals surface area contributed by atoms with Crippen molar-refractivity contribution in [3.63, 3.8) is 0 Å². The molecule has 2 N–H and O–H groups in total. The minimum absolute atomic E-state index is 0.0347. The van der Waals surface area contributed by atoms with E-state index in [1.54, 1.807) is 0 Å². The average molecular weight is 428 g/mol. The molecule has 0 saturated carbocycles. The van der Waals surface area contributed by atoms with E-state index >= 15 is 0 Å². The Hall–Kier alpha value is -2.97.